The third-order valence-corrected chi connectivity index (χ3v) is 10.4. The zero-order valence-corrected chi connectivity index (χ0v) is 25.6. The monoisotopic (exact) mass is 599 g/mol. The van der Waals surface area contributed by atoms with Crippen LogP contribution in [0.25, 0.3) is 28.0 Å². The lowest BCUT2D eigenvalue weighted by Gasteiger charge is -2.39. The number of halogens is 2. The highest BCUT2D eigenvalue weighted by Crippen LogP contribution is 2.60. The zero-order valence-electron chi connectivity index (χ0n) is 25.6. The highest BCUT2D eigenvalue weighted by atomic mass is 19.1. The standard InChI is InChI=1S/C40H35F2NO2/c1-3-39(4-2)35-25-29(42)15-18-33(35)36-31-7-5-6-8-32(31)38-34(37(36)39)19-20-40(45-38,26-9-13-28(41)14-10-26)27-11-16-30(17-12-27)43-21-23-44-24-22-43/h5-20,25H,3-4,21-24H2,1-2H3. The van der Waals surface area contributed by atoms with Crippen LogP contribution in [0, 0.1) is 11.6 Å². The SMILES string of the molecule is CCC1(CC)c2cc(F)ccc2-c2c1c1c(c3ccccc23)OC(c2ccc(F)cc2)(c2ccc(N3CCOCC3)cc2)C=C1. The van der Waals surface area contributed by atoms with Gasteiger partial charge in [0.15, 0.2) is 5.60 Å². The van der Waals surface area contributed by atoms with Crippen molar-refractivity contribution in [3.05, 3.63) is 137 Å². The van der Waals surface area contributed by atoms with E-state index >= 15 is 0 Å². The fourth-order valence-corrected chi connectivity index (χ4v) is 8.03. The number of nitrogens with zero attached hydrogens (tertiary/aromatic N) is 1. The minimum absolute atomic E-state index is 0.214. The van der Waals surface area contributed by atoms with Crippen LogP contribution in [0.2, 0.25) is 0 Å². The predicted molar refractivity (Wildman–Crippen MR) is 177 cm³/mol. The second-order valence-corrected chi connectivity index (χ2v) is 12.3. The first-order chi connectivity index (χ1) is 22.0. The maximum Gasteiger partial charge on any atom is 0.178 e. The van der Waals surface area contributed by atoms with Crippen LogP contribution in [-0.2, 0) is 15.8 Å². The van der Waals surface area contributed by atoms with E-state index in [1.807, 2.05) is 24.3 Å². The molecule has 2 aliphatic heterocycles. The van der Waals surface area contributed by atoms with Crippen LogP contribution in [0.4, 0.5) is 14.5 Å². The Hall–Kier alpha value is -4.48. The average molecular weight is 600 g/mol. The number of ether oxygens (including phenoxy) is 2. The Morgan fingerprint density at radius 3 is 2.09 bits per heavy atom. The van der Waals surface area contributed by atoms with Gasteiger partial charge in [0.2, 0.25) is 0 Å². The normalized spacial score (nSPS) is 19.6. The van der Waals surface area contributed by atoms with Gasteiger partial charge < -0.3 is 14.4 Å². The molecule has 1 aliphatic carbocycles. The summed E-state index contributed by atoms with van der Waals surface area (Å²) in [7, 11) is 0. The number of morpholine rings is 1. The second-order valence-electron chi connectivity index (χ2n) is 12.3. The number of benzene rings is 5. The number of fused-ring (bicyclic) bond motifs is 8. The van der Waals surface area contributed by atoms with Crippen molar-refractivity contribution in [3.63, 3.8) is 0 Å². The van der Waals surface area contributed by atoms with Crippen molar-refractivity contribution in [1.29, 1.82) is 0 Å². The van der Waals surface area contributed by atoms with Gasteiger partial charge in [0.25, 0.3) is 0 Å². The van der Waals surface area contributed by atoms with Gasteiger partial charge >= 0.3 is 0 Å². The molecule has 226 valence electrons. The summed E-state index contributed by atoms with van der Waals surface area (Å²) < 4.78 is 42.0. The summed E-state index contributed by atoms with van der Waals surface area (Å²) in [5.41, 5.74) is 7.14. The Kier molecular flexibility index (Phi) is 6.58. The van der Waals surface area contributed by atoms with Gasteiger partial charge in [-0.05, 0) is 83.0 Å². The summed E-state index contributed by atoms with van der Waals surface area (Å²) in [4.78, 5) is 2.33. The van der Waals surface area contributed by atoms with Gasteiger partial charge in [-0.1, -0.05) is 74.5 Å². The van der Waals surface area contributed by atoms with Crippen LogP contribution in [0.15, 0.2) is 97.1 Å². The predicted octanol–water partition coefficient (Wildman–Crippen LogP) is 9.39. The number of rotatable bonds is 5. The van der Waals surface area contributed by atoms with Crippen molar-refractivity contribution in [2.45, 2.75) is 37.7 Å². The van der Waals surface area contributed by atoms with Crippen molar-refractivity contribution in [1.82, 2.24) is 0 Å². The highest BCUT2D eigenvalue weighted by molar-refractivity contribution is 6.08. The lowest BCUT2D eigenvalue weighted by molar-refractivity contribution is 0.122. The van der Waals surface area contributed by atoms with E-state index in [0.717, 1.165) is 89.2 Å². The van der Waals surface area contributed by atoms with E-state index in [1.165, 1.54) is 23.3 Å². The smallest absolute Gasteiger partial charge is 0.178 e. The van der Waals surface area contributed by atoms with Crippen molar-refractivity contribution in [2.75, 3.05) is 31.2 Å². The molecule has 5 aromatic carbocycles. The highest BCUT2D eigenvalue weighted by Gasteiger charge is 2.47. The lowest BCUT2D eigenvalue weighted by Crippen LogP contribution is -2.37. The van der Waals surface area contributed by atoms with E-state index in [4.69, 9.17) is 9.47 Å². The quantitative estimate of drug-likeness (QED) is 0.201. The maximum absolute atomic E-state index is 14.8. The van der Waals surface area contributed by atoms with Gasteiger partial charge in [0.1, 0.15) is 17.4 Å². The molecule has 0 radical (unpaired) electrons. The molecule has 8 rings (SSSR count). The minimum atomic E-state index is -0.986. The molecule has 0 N–H and O–H groups in total. The van der Waals surface area contributed by atoms with Crippen LogP contribution < -0.4 is 9.64 Å². The van der Waals surface area contributed by atoms with E-state index in [2.05, 4.69) is 73.4 Å². The van der Waals surface area contributed by atoms with E-state index in [-0.39, 0.29) is 17.0 Å². The van der Waals surface area contributed by atoms with Crippen molar-refractivity contribution < 1.29 is 18.3 Å². The molecule has 5 heteroatoms. The minimum Gasteiger partial charge on any atom is -0.472 e. The third-order valence-electron chi connectivity index (χ3n) is 10.4. The molecule has 0 bridgehead atoms. The van der Waals surface area contributed by atoms with Gasteiger partial charge in [0, 0.05) is 46.3 Å². The van der Waals surface area contributed by atoms with Crippen LogP contribution in [0.3, 0.4) is 0 Å². The first-order valence-corrected chi connectivity index (χ1v) is 16.0. The average Bonchev–Trinajstić information content (AvgIpc) is 3.39. The molecule has 2 heterocycles. The Balaban J connectivity index is 1.37. The first-order valence-electron chi connectivity index (χ1n) is 16.0. The van der Waals surface area contributed by atoms with Crippen molar-refractivity contribution in [2.24, 2.45) is 0 Å². The molecule has 1 saturated heterocycles. The molecule has 0 spiro atoms. The molecule has 45 heavy (non-hydrogen) atoms. The summed E-state index contributed by atoms with van der Waals surface area (Å²) in [6.07, 6.45) is 5.99. The van der Waals surface area contributed by atoms with Crippen LogP contribution >= 0.6 is 0 Å². The summed E-state index contributed by atoms with van der Waals surface area (Å²) >= 11 is 0. The molecule has 1 fully saturated rings. The molecule has 0 amide bonds. The molecule has 0 saturated carbocycles. The second kappa shape index (κ2) is 10.6. The van der Waals surface area contributed by atoms with Crippen LogP contribution in [0.5, 0.6) is 5.75 Å². The summed E-state index contributed by atoms with van der Waals surface area (Å²) in [5, 5.41) is 2.10. The Bertz CT molecular complexity index is 1950. The molecule has 3 aliphatic rings. The molecule has 0 aromatic heterocycles. The van der Waals surface area contributed by atoms with Gasteiger partial charge in [0.05, 0.1) is 13.2 Å². The van der Waals surface area contributed by atoms with E-state index in [0.29, 0.717) is 0 Å². The van der Waals surface area contributed by atoms with Crippen LogP contribution in [-0.4, -0.2) is 26.3 Å². The fourth-order valence-electron chi connectivity index (χ4n) is 8.03. The Morgan fingerprint density at radius 2 is 1.40 bits per heavy atom. The first kappa shape index (κ1) is 28.0. The summed E-state index contributed by atoms with van der Waals surface area (Å²) in [6, 6.07) is 28.8. The maximum atomic E-state index is 14.8. The number of hydrogen-bond donors (Lipinski definition) is 0. The van der Waals surface area contributed by atoms with Gasteiger partial charge in [-0.3, -0.25) is 0 Å². The molecular formula is C40H35F2NO2. The van der Waals surface area contributed by atoms with Gasteiger partial charge in [-0.25, -0.2) is 8.78 Å². The van der Waals surface area contributed by atoms with Gasteiger partial charge in [-0.15, -0.1) is 0 Å². The molecule has 3 nitrogen and oxygen atoms in total. The Labute approximate surface area is 262 Å². The molecule has 1 unspecified atom stereocenters. The summed E-state index contributed by atoms with van der Waals surface area (Å²) in [6.45, 7) is 7.53. The fraction of sp³-hybridized carbons (Fsp3) is 0.250. The van der Waals surface area contributed by atoms with Gasteiger partial charge in [-0.2, -0.15) is 0 Å². The van der Waals surface area contributed by atoms with Crippen molar-refractivity contribution >= 4 is 22.5 Å². The Morgan fingerprint density at radius 1 is 0.756 bits per heavy atom. The molecule has 1 atom stereocenters. The van der Waals surface area contributed by atoms with E-state index in [9.17, 15) is 8.78 Å². The van der Waals surface area contributed by atoms with Crippen LogP contribution in [0.1, 0.15) is 54.5 Å². The number of hydrogen-bond acceptors (Lipinski definition) is 3. The molecule has 5 aromatic rings. The van der Waals surface area contributed by atoms with E-state index < -0.39 is 5.60 Å². The van der Waals surface area contributed by atoms with Crippen molar-refractivity contribution in [3.8, 4) is 16.9 Å². The number of anilines is 1. The summed E-state index contributed by atoms with van der Waals surface area (Å²) in [5.74, 6) is 0.294. The molecular weight excluding hydrogens is 564 g/mol. The third kappa shape index (κ3) is 4.10. The largest absolute Gasteiger partial charge is 0.472 e. The van der Waals surface area contributed by atoms with E-state index in [1.54, 1.807) is 12.1 Å². The topological polar surface area (TPSA) is 21.7 Å². The lowest BCUT2D eigenvalue weighted by atomic mass is 9.71. The zero-order chi connectivity index (χ0) is 30.8.